The van der Waals surface area contributed by atoms with Crippen LogP contribution in [0.15, 0.2) is 53.5 Å². The molecule has 1 heterocycles. The number of rotatable bonds is 7. The zero-order valence-electron chi connectivity index (χ0n) is 16.8. The normalized spacial score (nSPS) is 11.8. The molecular weight excluding hydrogens is 436 g/mol. The monoisotopic (exact) mass is 458 g/mol. The molecule has 1 amide bonds. The van der Waals surface area contributed by atoms with Crippen molar-refractivity contribution in [1.82, 2.24) is 19.7 Å². The van der Waals surface area contributed by atoms with Crippen molar-refractivity contribution in [1.29, 1.82) is 0 Å². The highest BCUT2D eigenvalue weighted by Crippen LogP contribution is 2.34. The summed E-state index contributed by atoms with van der Waals surface area (Å²) in [5, 5.41) is 4.12. The van der Waals surface area contributed by atoms with Gasteiger partial charge in [0.15, 0.2) is 11.5 Å². The number of ether oxygens (including phenoxy) is 2. The van der Waals surface area contributed by atoms with E-state index in [4.69, 9.17) is 9.47 Å². The number of hydrogen-bond acceptors (Lipinski definition) is 5. The quantitative estimate of drug-likeness (QED) is 0.538. The second-order valence-corrected chi connectivity index (χ2v) is 7.44. The highest BCUT2D eigenvalue weighted by Gasteiger charge is 2.20. The molecule has 0 aliphatic rings. The minimum absolute atomic E-state index is 0.00535. The van der Waals surface area contributed by atoms with Crippen LogP contribution < -0.4 is 9.47 Å². The lowest BCUT2D eigenvalue weighted by Crippen LogP contribution is -2.31. The van der Waals surface area contributed by atoms with Crippen molar-refractivity contribution in [3.63, 3.8) is 0 Å². The van der Waals surface area contributed by atoms with Gasteiger partial charge in [-0.25, -0.2) is 9.67 Å². The smallest absolute Gasteiger partial charge is 0.227 e. The van der Waals surface area contributed by atoms with Crippen molar-refractivity contribution in [3.05, 3.63) is 64.7 Å². The first-order chi connectivity index (χ1) is 13.9. The Morgan fingerprint density at radius 2 is 1.83 bits per heavy atom. The summed E-state index contributed by atoms with van der Waals surface area (Å²) < 4.78 is 13.1. The van der Waals surface area contributed by atoms with Crippen LogP contribution in [0.5, 0.6) is 11.5 Å². The topological polar surface area (TPSA) is 69.5 Å². The fourth-order valence-electron chi connectivity index (χ4n) is 3.01. The first-order valence-electron chi connectivity index (χ1n) is 9.05. The lowest BCUT2D eigenvalue weighted by Gasteiger charge is -2.26. The van der Waals surface area contributed by atoms with Gasteiger partial charge in [-0.05, 0) is 42.3 Å². The number of benzene rings is 2. The van der Waals surface area contributed by atoms with E-state index in [1.54, 1.807) is 30.1 Å². The summed E-state index contributed by atoms with van der Waals surface area (Å²) in [7, 11) is 4.97. The van der Waals surface area contributed by atoms with Gasteiger partial charge in [0.2, 0.25) is 5.91 Å². The molecule has 0 radical (unpaired) electrons. The number of nitrogens with zero attached hydrogens (tertiary/aromatic N) is 4. The van der Waals surface area contributed by atoms with E-state index in [2.05, 4.69) is 26.0 Å². The maximum atomic E-state index is 12.9. The summed E-state index contributed by atoms with van der Waals surface area (Å²) >= 11 is 3.52. The predicted octanol–water partition coefficient (Wildman–Crippen LogP) is 3.81. The lowest BCUT2D eigenvalue weighted by atomic mass is 10.1. The molecule has 0 fully saturated rings. The van der Waals surface area contributed by atoms with Gasteiger partial charge in [0.25, 0.3) is 0 Å². The number of hydrogen-bond donors (Lipinski definition) is 0. The number of halogens is 1. The predicted molar refractivity (Wildman–Crippen MR) is 113 cm³/mol. The summed E-state index contributed by atoms with van der Waals surface area (Å²) in [6.45, 7) is 2.01. The van der Waals surface area contributed by atoms with Gasteiger partial charge >= 0.3 is 0 Å². The fourth-order valence-corrected chi connectivity index (χ4v) is 3.47. The highest BCUT2D eigenvalue weighted by molar-refractivity contribution is 9.10. The van der Waals surface area contributed by atoms with Crippen molar-refractivity contribution >= 4 is 21.8 Å². The second-order valence-electron chi connectivity index (χ2n) is 6.59. The van der Waals surface area contributed by atoms with Crippen LogP contribution in [0.4, 0.5) is 0 Å². The van der Waals surface area contributed by atoms with E-state index in [0.717, 1.165) is 21.3 Å². The molecular formula is C21H23BrN4O3. The van der Waals surface area contributed by atoms with Crippen LogP contribution in [-0.2, 0) is 11.2 Å². The Bertz CT molecular complexity index is 974. The average molecular weight is 459 g/mol. The van der Waals surface area contributed by atoms with Crippen LogP contribution in [0.3, 0.4) is 0 Å². The number of aromatic nitrogens is 3. The Kier molecular flexibility index (Phi) is 6.53. The summed E-state index contributed by atoms with van der Waals surface area (Å²) in [4.78, 5) is 18.6. The van der Waals surface area contributed by atoms with Crippen molar-refractivity contribution in [2.24, 2.45) is 0 Å². The number of amides is 1. The largest absolute Gasteiger partial charge is 0.493 e. The van der Waals surface area contributed by atoms with E-state index < -0.39 is 0 Å². The minimum Gasteiger partial charge on any atom is -0.493 e. The van der Waals surface area contributed by atoms with Gasteiger partial charge in [-0.2, -0.15) is 5.10 Å². The van der Waals surface area contributed by atoms with E-state index in [0.29, 0.717) is 11.5 Å². The molecule has 3 rings (SSSR count). The van der Waals surface area contributed by atoms with Gasteiger partial charge in [0.1, 0.15) is 12.7 Å². The van der Waals surface area contributed by atoms with Crippen LogP contribution in [-0.4, -0.2) is 46.8 Å². The van der Waals surface area contributed by atoms with Crippen molar-refractivity contribution < 1.29 is 14.3 Å². The van der Waals surface area contributed by atoms with Crippen LogP contribution >= 0.6 is 15.9 Å². The van der Waals surface area contributed by atoms with Crippen molar-refractivity contribution in [3.8, 4) is 17.2 Å². The second kappa shape index (κ2) is 9.09. The zero-order valence-corrected chi connectivity index (χ0v) is 18.4. The maximum Gasteiger partial charge on any atom is 0.227 e. The highest BCUT2D eigenvalue weighted by atomic mass is 79.9. The summed E-state index contributed by atoms with van der Waals surface area (Å²) in [5.74, 6) is 1.22. The molecule has 0 aliphatic carbocycles. The van der Waals surface area contributed by atoms with Gasteiger partial charge in [0, 0.05) is 11.5 Å². The number of likely N-dealkylation sites (N-methyl/N-ethyl adjacent to an activating group) is 1. The molecule has 1 aromatic heterocycles. The Morgan fingerprint density at radius 1 is 1.17 bits per heavy atom. The fraction of sp³-hybridized carbons (Fsp3) is 0.286. The standard InChI is InChI=1S/C21H23BrN4O3/c1-14(15-5-7-17(8-6-15)26-13-23-12-24-26)25(2)21(27)10-16-9-19(28-3)20(29-4)11-18(16)22/h5-9,11-14H,10H2,1-4H3. The van der Waals surface area contributed by atoms with Gasteiger partial charge in [-0.15, -0.1) is 0 Å². The molecule has 152 valence electrons. The number of carbonyl (C=O) groups excluding carboxylic acids is 1. The molecule has 0 bridgehead atoms. The molecule has 0 N–H and O–H groups in total. The molecule has 3 aromatic rings. The maximum absolute atomic E-state index is 12.9. The lowest BCUT2D eigenvalue weighted by molar-refractivity contribution is -0.131. The van der Waals surface area contributed by atoms with Crippen LogP contribution in [0.2, 0.25) is 0 Å². The zero-order chi connectivity index (χ0) is 21.0. The summed E-state index contributed by atoms with van der Waals surface area (Å²) in [5.41, 5.74) is 2.80. The van der Waals surface area contributed by atoms with Crippen LogP contribution in [0, 0.1) is 0 Å². The third-order valence-corrected chi connectivity index (χ3v) is 5.67. The van der Waals surface area contributed by atoms with Gasteiger partial charge in [-0.1, -0.05) is 28.1 Å². The van der Waals surface area contributed by atoms with E-state index in [1.165, 1.54) is 6.33 Å². The SMILES string of the molecule is COc1cc(Br)c(CC(=O)N(C)C(C)c2ccc(-n3cncn3)cc2)cc1OC. The Balaban J connectivity index is 1.73. The molecule has 0 aliphatic heterocycles. The molecule has 29 heavy (non-hydrogen) atoms. The van der Waals surface area contributed by atoms with Crippen LogP contribution in [0.1, 0.15) is 24.1 Å². The molecule has 1 unspecified atom stereocenters. The Morgan fingerprint density at radius 3 is 2.41 bits per heavy atom. The molecule has 0 saturated heterocycles. The molecule has 7 nitrogen and oxygen atoms in total. The summed E-state index contributed by atoms with van der Waals surface area (Å²) in [6.07, 6.45) is 3.39. The van der Waals surface area contributed by atoms with Gasteiger partial charge < -0.3 is 14.4 Å². The summed E-state index contributed by atoms with van der Waals surface area (Å²) in [6, 6.07) is 11.5. The molecule has 8 heteroatoms. The van der Waals surface area contributed by atoms with Crippen molar-refractivity contribution in [2.75, 3.05) is 21.3 Å². The van der Waals surface area contributed by atoms with Crippen molar-refractivity contribution in [2.45, 2.75) is 19.4 Å². The van der Waals surface area contributed by atoms with Gasteiger partial charge in [0.05, 0.1) is 32.4 Å². The number of carbonyl (C=O) groups is 1. The number of methoxy groups -OCH3 is 2. The molecule has 2 aromatic carbocycles. The first kappa shape index (κ1) is 20.9. The van der Waals surface area contributed by atoms with Gasteiger partial charge in [-0.3, -0.25) is 4.79 Å². The Hall–Kier alpha value is -2.87. The van der Waals surface area contributed by atoms with E-state index in [9.17, 15) is 4.79 Å². The average Bonchev–Trinajstić information content (AvgIpc) is 3.28. The third-order valence-electron chi connectivity index (χ3n) is 4.93. The Labute approximate surface area is 178 Å². The molecule has 0 saturated carbocycles. The van der Waals surface area contributed by atoms with Crippen LogP contribution in [0.25, 0.3) is 5.69 Å². The first-order valence-corrected chi connectivity index (χ1v) is 9.85. The van der Waals surface area contributed by atoms with E-state index in [-0.39, 0.29) is 18.4 Å². The molecule has 1 atom stereocenters. The molecule has 0 spiro atoms. The van der Waals surface area contributed by atoms with E-state index in [1.807, 2.05) is 50.4 Å². The minimum atomic E-state index is -0.0776. The third kappa shape index (κ3) is 4.59. The van der Waals surface area contributed by atoms with E-state index >= 15 is 0 Å².